The second kappa shape index (κ2) is 14.7. The highest BCUT2D eigenvalue weighted by Crippen LogP contribution is 2.40. The number of halogens is 2. The van der Waals surface area contributed by atoms with Crippen LogP contribution in [0.15, 0.2) is 79.6 Å². The smallest absolute Gasteiger partial charge is 0.247 e. The molecule has 0 bridgehead atoms. The monoisotopic (exact) mass is 658 g/mol. The van der Waals surface area contributed by atoms with Gasteiger partial charge in [0.25, 0.3) is 0 Å². The van der Waals surface area contributed by atoms with Crippen molar-refractivity contribution in [3.05, 3.63) is 102 Å². The number of benzene rings is 3. The molecule has 0 spiro atoms. The van der Waals surface area contributed by atoms with Crippen LogP contribution in [0.4, 0.5) is 37.5 Å². The van der Waals surface area contributed by atoms with E-state index in [0.717, 1.165) is 5.69 Å². The quantitative estimate of drug-likeness (QED) is 0.178. The first-order chi connectivity index (χ1) is 23.3. The third-order valence-corrected chi connectivity index (χ3v) is 7.96. The molecule has 2 aliphatic rings. The van der Waals surface area contributed by atoms with E-state index in [1.165, 1.54) is 36.7 Å². The maximum atomic E-state index is 14.8. The third-order valence-electron chi connectivity index (χ3n) is 7.96. The molecule has 0 radical (unpaired) electrons. The molecule has 1 amide bonds. The molecule has 2 fully saturated rings. The second-order valence-corrected chi connectivity index (χ2v) is 11.4. The molecule has 13 heteroatoms. The molecule has 3 aromatic carbocycles. The fraction of sp³-hybridized carbons (Fsp3) is 0.286. The van der Waals surface area contributed by atoms with Gasteiger partial charge in [0.05, 0.1) is 49.5 Å². The van der Waals surface area contributed by atoms with Crippen molar-refractivity contribution in [2.24, 2.45) is 0 Å². The molecule has 11 nitrogen and oxygen atoms in total. The normalized spacial score (nSPS) is 17.6. The summed E-state index contributed by atoms with van der Waals surface area (Å²) in [5, 5.41) is 7.81. The summed E-state index contributed by atoms with van der Waals surface area (Å²) in [4.78, 5) is 29.3. The van der Waals surface area contributed by atoms with Gasteiger partial charge in [-0.2, -0.15) is 0 Å². The number of carbonyl (C=O) groups excluding carboxylic acids is 1. The maximum Gasteiger partial charge on any atom is 0.247 e. The highest BCUT2D eigenvalue weighted by molar-refractivity contribution is 6.02. The van der Waals surface area contributed by atoms with Crippen LogP contribution in [-0.4, -0.2) is 55.4 Å². The lowest BCUT2D eigenvalue weighted by molar-refractivity contribution is -0.111. The molecule has 2 N–H and O–H groups in total. The van der Waals surface area contributed by atoms with E-state index in [9.17, 15) is 13.6 Å². The molecular formula is C35H36F2N6O5. The predicted molar refractivity (Wildman–Crippen MR) is 178 cm³/mol. The van der Waals surface area contributed by atoms with Crippen molar-refractivity contribution >= 4 is 34.6 Å². The lowest BCUT2D eigenvalue weighted by atomic mass is 10.0. The summed E-state index contributed by atoms with van der Waals surface area (Å²) in [5.41, 5.74) is 3.16. The Balaban J connectivity index is 1.24. The van der Waals surface area contributed by atoms with Gasteiger partial charge >= 0.3 is 0 Å². The Bertz CT molecular complexity index is 1790. The number of rotatable bonds is 11. The number of morpholine rings is 1. The van der Waals surface area contributed by atoms with Crippen LogP contribution in [0.2, 0.25) is 0 Å². The first-order valence-electron chi connectivity index (χ1n) is 15.5. The zero-order valence-corrected chi connectivity index (χ0v) is 26.6. The molecule has 2 aliphatic heterocycles. The fourth-order valence-electron chi connectivity index (χ4n) is 5.74. The van der Waals surface area contributed by atoms with Crippen LogP contribution in [0.3, 0.4) is 0 Å². The van der Waals surface area contributed by atoms with E-state index < -0.39 is 5.82 Å². The minimum Gasteiger partial charge on any atom is -0.494 e. The Labute approximate surface area is 277 Å². The SMILES string of the molecule is C=CC(=O)Nc1cc(Nc2cc(N3OCCC3c3cc(F)cc(OCc4cccc(F)c4)c3)ncn2)c(OC)cc1N1CCOC(C)C1. The van der Waals surface area contributed by atoms with Gasteiger partial charge in [0.1, 0.15) is 41.9 Å². The average Bonchev–Trinajstić information content (AvgIpc) is 3.58. The second-order valence-electron chi connectivity index (χ2n) is 11.4. The van der Waals surface area contributed by atoms with Crippen LogP contribution in [0, 0.1) is 11.6 Å². The number of methoxy groups -OCH3 is 1. The Hall–Kier alpha value is -5.27. The number of nitrogens with zero attached hydrogens (tertiary/aromatic N) is 4. The van der Waals surface area contributed by atoms with Crippen LogP contribution < -0.4 is 30.1 Å². The zero-order valence-electron chi connectivity index (χ0n) is 26.6. The van der Waals surface area contributed by atoms with Gasteiger partial charge in [0.2, 0.25) is 5.91 Å². The molecule has 3 heterocycles. The molecule has 250 valence electrons. The Kier molecular flexibility index (Phi) is 9.97. The number of aromatic nitrogens is 2. The minimum atomic E-state index is -0.472. The van der Waals surface area contributed by atoms with Gasteiger partial charge in [-0.25, -0.2) is 23.8 Å². The van der Waals surface area contributed by atoms with Crippen LogP contribution in [0.25, 0.3) is 0 Å². The van der Waals surface area contributed by atoms with Crippen molar-refractivity contribution in [3.8, 4) is 11.5 Å². The molecule has 6 rings (SSSR count). The van der Waals surface area contributed by atoms with E-state index >= 15 is 0 Å². The van der Waals surface area contributed by atoms with Crippen molar-refractivity contribution in [3.63, 3.8) is 0 Å². The number of anilines is 5. The summed E-state index contributed by atoms with van der Waals surface area (Å²) in [6.45, 7) is 7.90. The van der Waals surface area contributed by atoms with Crippen LogP contribution in [-0.2, 0) is 21.0 Å². The van der Waals surface area contributed by atoms with Crippen LogP contribution >= 0.6 is 0 Å². The standard InChI is InChI=1S/C35H36F2N6O5/c1-4-35(44)41-28-16-29(32(45-3)17-31(28)42-9-11-46-22(2)19-42)40-33-18-34(39-21-38-33)43-30(8-10-48-43)24-13-26(37)15-27(14-24)47-20-23-6-5-7-25(36)12-23/h4-7,12-18,21-22,30H,1,8-11,19-20H2,2-3H3,(H,41,44)(H,38,39,40). The van der Waals surface area contributed by atoms with Crippen molar-refractivity contribution in [2.45, 2.75) is 32.1 Å². The molecule has 2 unspecified atom stereocenters. The number of hydroxylamine groups is 1. The first-order valence-corrected chi connectivity index (χ1v) is 15.5. The van der Waals surface area contributed by atoms with Gasteiger partial charge < -0.3 is 29.7 Å². The van der Waals surface area contributed by atoms with Crippen molar-refractivity contribution in [2.75, 3.05) is 54.0 Å². The summed E-state index contributed by atoms with van der Waals surface area (Å²) < 4.78 is 45.7. The van der Waals surface area contributed by atoms with Crippen molar-refractivity contribution in [1.29, 1.82) is 0 Å². The number of amides is 1. The van der Waals surface area contributed by atoms with Gasteiger partial charge in [-0.1, -0.05) is 18.7 Å². The molecule has 0 aliphatic carbocycles. The number of nitrogens with one attached hydrogen (secondary N) is 2. The van der Waals surface area contributed by atoms with E-state index in [0.29, 0.717) is 78.4 Å². The Morgan fingerprint density at radius 1 is 1.08 bits per heavy atom. The summed E-state index contributed by atoms with van der Waals surface area (Å²) in [7, 11) is 1.57. The number of carbonyl (C=O) groups is 1. The van der Waals surface area contributed by atoms with E-state index in [-0.39, 0.29) is 30.5 Å². The van der Waals surface area contributed by atoms with Gasteiger partial charge in [-0.3, -0.25) is 9.63 Å². The average molecular weight is 659 g/mol. The van der Waals surface area contributed by atoms with E-state index in [2.05, 4.69) is 32.1 Å². The number of hydrogen-bond acceptors (Lipinski definition) is 10. The summed E-state index contributed by atoms with van der Waals surface area (Å²) >= 11 is 0. The largest absolute Gasteiger partial charge is 0.494 e. The van der Waals surface area contributed by atoms with Gasteiger partial charge in [-0.15, -0.1) is 0 Å². The lowest BCUT2D eigenvalue weighted by Crippen LogP contribution is -2.41. The Morgan fingerprint density at radius 3 is 2.75 bits per heavy atom. The van der Waals surface area contributed by atoms with E-state index in [1.54, 1.807) is 42.5 Å². The van der Waals surface area contributed by atoms with E-state index in [1.807, 2.05) is 13.0 Å². The van der Waals surface area contributed by atoms with Crippen LogP contribution in [0.5, 0.6) is 11.5 Å². The predicted octanol–water partition coefficient (Wildman–Crippen LogP) is 6.32. The summed E-state index contributed by atoms with van der Waals surface area (Å²) in [5.74, 6) is 0.523. The minimum absolute atomic E-state index is 0.0216. The number of hydrogen-bond donors (Lipinski definition) is 2. The Morgan fingerprint density at radius 2 is 1.96 bits per heavy atom. The molecule has 2 saturated heterocycles. The molecule has 1 aromatic heterocycles. The van der Waals surface area contributed by atoms with Crippen molar-refractivity contribution in [1.82, 2.24) is 9.97 Å². The first kappa shape index (κ1) is 32.7. The van der Waals surface area contributed by atoms with E-state index in [4.69, 9.17) is 19.0 Å². The molecule has 4 aromatic rings. The zero-order chi connectivity index (χ0) is 33.6. The van der Waals surface area contributed by atoms with Gasteiger partial charge in [0.15, 0.2) is 5.82 Å². The highest BCUT2D eigenvalue weighted by atomic mass is 19.1. The van der Waals surface area contributed by atoms with Gasteiger partial charge in [-0.05, 0) is 54.5 Å². The molecule has 2 atom stereocenters. The maximum absolute atomic E-state index is 14.8. The lowest BCUT2D eigenvalue weighted by Gasteiger charge is -2.34. The topological polar surface area (TPSA) is 110 Å². The molecular weight excluding hydrogens is 622 g/mol. The third kappa shape index (κ3) is 7.64. The highest BCUT2D eigenvalue weighted by Gasteiger charge is 2.30. The summed E-state index contributed by atoms with van der Waals surface area (Å²) in [6, 6.07) is 15.5. The van der Waals surface area contributed by atoms with Gasteiger partial charge in [0, 0.05) is 37.7 Å². The molecule has 0 saturated carbocycles. The number of ether oxygens (including phenoxy) is 3. The fourth-order valence-corrected chi connectivity index (χ4v) is 5.74. The molecule has 48 heavy (non-hydrogen) atoms. The van der Waals surface area contributed by atoms with Crippen LogP contribution in [0.1, 0.15) is 30.5 Å². The summed E-state index contributed by atoms with van der Waals surface area (Å²) in [6.07, 6.45) is 3.20. The van der Waals surface area contributed by atoms with Crippen molar-refractivity contribution < 1.29 is 32.6 Å².